The highest BCUT2D eigenvalue weighted by atomic mass is 32.2. The normalized spacial score (nSPS) is 22.2. The van der Waals surface area contributed by atoms with E-state index in [-0.39, 0.29) is 18.4 Å². The topological polar surface area (TPSA) is 82.6 Å². The maximum Gasteiger partial charge on any atom is 0.231 e. The highest BCUT2D eigenvalue weighted by Crippen LogP contribution is 2.20. The molecule has 0 spiro atoms. The van der Waals surface area contributed by atoms with Gasteiger partial charge in [0.1, 0.15) is 5.01 Å². The van der Waals surface area contributed by atoms with Crippen LogP contribution in [0.5, 0.6) is 0 Å². The summed E-state index contributed by atoms with van der Waals surface area (Å²) in [4.78, 5) is 21.6. The Bertz CT molecular complexity index is 980. The Balaban J connectivity index is 1.23. The average molecular weight is 449 g/mol. The maximum absolute atomic E-state index is 12.3. The van der Waals surface area contributed by atoms with Crippen LogP contribution in [0.2, 0.25) is 0 Å². The highest BCUT2D eigenvalue weighted by Gasteiger charge is 2.33. The molecule has 0 bridgehead atoms. The number of nitrogens with zero attached hydrogens (tertiary/aromatic N) is 3. The van der Waals surface area contributed by atoms with E-state index in [9.17, 15) is 13.2 Å². The van der Waals surface area contributed by atoms with E-state index in [2.05, 4.69) is 20.1 Å². The summed E-state index contributed by atoms with van der Waals surface area (Å²) in [5.41, 5.74) is 2.96. The van der Waals surface area contributed by atoms with E-state index in [0.29, 0.717) is 11.5 Å². The van der Waals surface area contributed by atoms with Crippen LogP contribution in [0.15, 0.2) is 29.6 Å². The SMILES string of the molecule is Cc1ccc(NC(=O)Cc2nc(CN3CCN(C4CCS(=O)(=O)C4)CC3)cs2)cc1. The molecule has 2 aliphatic heterocycles. The summed E-state index contributed by atoms with van der Waals surface area (Å²) in [5, 5.41) is 5.77. The molecule has 1 unspecified atom stereocenters. The number of anilines is 1. The number of amides is 1. The molecular weight excluding hydrogens is 420 g/mol. The molecule has 0 aliphatic carbocycles. The highest BCUT2D eigenvalue weighted by molar-refractivity contribution is 7.91. The van der Waals surface area contributed by atoms with Gasteiger partial charge >= 0.3 is 0 Å². The summed E-state index contributed by atoms with van der Waals surface area (Å²) < 4.78 is 23.4. The number of hydrogen-bond acceptors (Lipinski definition) is 7. The monoisotopic (exact) mass is 448 g/mol. The van der Waals surface area contributed by atoms with E-state index in [1.807, 2.05) is 36.6 Å². The molecule has 1 atom stereocenters. The van der Waals surface area contributed by atoms with Crippen LogP contribution in [0.1, 0.15) is 22.7 Å². The van der Waals surface area contributed by atoms with Crippen molar-refractivity contribution in [3.8, 4) is 0 Å². The van der Waals surface area contributed by atoms with E-state index < -0.39 is 9.84 Å². The van der Waals surface area contributed by atoms with Gasteiger partial charge in [-0.1, -0.05) is 17.7 Å². The Morgan fingerprint density at radius 2 is 1.93 bits per heavy atom. The Kier molecular flexibility index (Phi) is 6.52. The van der Waals surface area contributed by atoms with Gasteiger partial charge in [0, 0.05) is 49.8 Å². The summed E-state index contributed by atoms with van der Waals surface area (Å²) in [6, 6.07) is 7.95. The van der Waals surface area contributed by atoms with Gasteiger partial charge in [-0.25, -0.2) is 13.4 Å². The second-order valence-corrected chi connectivity index (χ2v) is 11.4. The molecule has 2 saturated heterocycles. The second-order valence-electron chi connectivity index (χ2n) is 8.19. The van der Waals surface area contributed by atoms with Crippen LogP contribution >= 0.6 is 11.3 Å². The first-order valence-corrected chi connectivity index (χ1v) is 13.0. The number of sulfone groups is 1. The third-order valence-corrected chi connectivity index (χ3v) is 8.41. The molecule has 3 heterocycles. The lowest BCUT2D eigenvalue weighted by Gasteiger charge is -2.37. The number of hydrogen-bond donors (Lipinski definition) is 1. The fourth-order valence-corrected chi connectivity index (χ4v) is 6.61. The molecule has 1 N–H and O–H groups in total. The zero-order valence-electron chi connectivity index (χ0n) is 17.2. The van der Waals surface area contributed by atoms with Gasteiger partial charge < -0.3 is 5.32 Å². The summed E-state index contributed by atoms with van der Waals surface area (Å²) >= 11 is 1.52. The summed E-state index contributed by atoms with van der Waals surface area (Å²) in [5.74, 6) is 0.587. The molecule has 4 rings (SSSR count). The molecule has 7 nitrogen and oxygen atoms in total. The van der Waals surface area contributed by atoms with E-state index in [1.165, 1.54) is 11.3 Å². The Labute approximate surface area is 182 Å². The molecular formula is C21H28N4O3S2. The van der Waals surface area contributed by atoms with Gasteiger partial charge in [-0.15, -0.1) is 11.3 Å². The molecule has 0 radical (unpaired) electrons. The number of aromatic nitrogens is 1. The van der Waals surface area contributed by atoms with Crippen molar-refractivity contribution in [1.29, 1.82) is 0 Å². The average Bonchev–Trinajstić information content (AvgIpc) is 3.30. The van der Waals surface area contributed by atoms with Crippen LogP contribution in [0.4, 0.5) is 5.69 Å². The minimum atomic E-state index is -2.83. The van der Waals surface area contributed by atoms with Gasteiger partial charge in [0.25, 0.3) is 0 Å². The fraction of sp³-hybridized carbons (Fsp3) is 0.524. The first-order chi connectivity index (χ1) is 14.4. The predicted octanol–water partition coefficient (Wildman–Crippen LogP) is 1.94. The van der Waals surface area contributed by atoms with Gasteiger partial charge in [0.2, 0.25) is 5.91 Å². The number of rotatable bonds is 6. The van der Waals surface area contributed by atoms with Gasteiger partial charge in [-0.05, 0) is 25.5 Å². The Morgan fingerprint density at radius 1 is 1.20 bits per heavy atom. The third-order valence-electron chi connectivity index (χ3n) is 5.76. The lowest BCUT2D eigenvalue weighted by atomic mass is 10.2. The molecule has 1 amide bonds. The van der Waals surface area contributed by atoms with Crippen molar-refractivity contribution in [2.45, 2.75) is 32.4 Å². The van der Waals surface area contributed by atoms with E-state index in [0.717, 1.165) is 61.1 Å². The standard InChI is InChI=1S/C21H28N4O3S2/c1-16-2-4-17(5-3-16)22-20(26)12-21-23-18(14-29-21)13-24-7-9-25(10-8-24)19-6-11-30(27,28)15-19/h2-5,14,19H,6-13,15H2,1H3,(H,22,26). The summed E-state index contributed by atoms with van der Waals surface area (Å²) in [6.07, 6.45) is 1.05. The smallest absolute Gasteiger partial charge is 0.231 e. The largest absolute Gasteiger partial charge is 0.326 e. The van der Waals surface area contributed by atoms with Crippen LogP contribution in [0.25, 0.3) is 0 Å². The maximum atomic E-state index is 12.3. The van der Waals surface area contributed by atoms with Crippen LogP contribution in [-0.4, -0.2) is 72.8 Å². The Morgan fingerprint density at radius 3 is 2.60 bits per heavy atom. The zero-order valence-corrected chi connectivity index (χ0v) is 18.8. The number of piperazine rings is 1. The van der Waals surface area contributed by atoms with Crippen molar-refractivity contribution >= 4 is 32.8 Å². The van der Waals surface area contributed by atoms with E-state index >= 15 is 0 Å². The van der Waals surface area contributed by atoms with Crippen LogP contribution in [0, 0.1) is 6.92 Å². The van der Waals surface area contributed by atoms with Crippen molar-refractivity contribution in [3.63, 3.8) is 0 Å². The minimum Gasteiger partial charge on any atom is -0.326 e. The van der Waals surface area contributed by atoms with Crippen molar-refractivity contribution in [2.24, 2.45) is 0 Å². The minimum absolute atomic E-state index is 0.0557. The van der Waals surface area contributed by atoms with Gasteiger partial charge in [0.15, 0.2) is 9.84 Å². The quantitative estimate of drug-likeness (QED) is 0.727. The fourth-order valence-electron chi connectivity index (χ4n) is 4.06. The molecule has 2 aromatic rings. The molecule has 9 heteroatoms. The van der Waals surface area contributed by atoms with Crippen molar-refractivity contribution < 1.29 is 13.2 Å². The van der Waals surface area contributed by atoms with Crippen LogP contribution in [0.3, 0.4) is 0 Å². The number of aryl methyl sites for hydroxylation is 1. The molecule has 0 saturated carbocycles. The van der Waals surface area contributed by atoms with Gasteiger partial charge in [0.05, 0.1) is 23.6 Å². The lowest BCUT2D eigenvalue weighted by Crippen LogP contribution is -2.50. The number of thiazole rings is 1. The summed E-state index contributed by atoms with van der Waals surface area (Å²) in [6.45, 7) is 6.41. The van der Waals surface area contributed by atoms with Gasteiger partial charge in [-0.3, -0.25) is 14.6 Å². The van der Waals surface area contributed by atoms with Gasteiger partial charge in [-0.2, -0.15) is 0 Å². The van der Waals surface area contributed by atoms with Crippen molar-refractivity contribution in [1.82, 2.24) is 14.8 Å². The van der Waals surface area contributed by atoms with Crippen molar-refractivity contribution in [3.05, 3.63) is 45.9 Å². The Hall–Kier alpha value is -1.81. The summed E-state index contributed by atoms with van der Waals surface area (Å²) in [7, 11) is -2.83. The molecule has 162 valence electrons. The first kappa shape index (κ1) is 21.4. The number of benzene rings is 1. The molecule has 1 aromatic heterocycles. The molecule has 30 heavy (non-hydrogen) atoms. The first-order valence-electron chi connectivity index (χ1n) is 10.3. The third kappa shape index (κ3) is 5.66. The van der Waals surface area contributed by atoms with Crippen LogP contribution < -0.4 is 5.32 Å². The van der Waals surface area contributed by atoms with E-state index in [1.54, 1.807) is 0 Å². The number of carbonyl (C=O) groups excluding carboxylic acids is 1. The molecule has 2 fully saturated rings. The predicted molar refractivity (Wildman–Crippen MR) is 120 cm³/mol. The lowest BCUT2D eigenvalue weighted by molar-refractivity contribution is -0.115. The second kappa shape index (κ2) is 9.13. The van der Waals surface area contributed by atoms with Crippen molar-refractivity contribution in [2.75, 3.05) is 43.0 Å². The molecule has 1 aromatic carbocycles. The zero-order chi connectivity index (χ0) is 21.1. The number of nitrogens with one attached hydrogen (secondary N) is 1. The van der Waals surface area contributed by atoms with Crippen LogP contribution in [-0.2, 0) is 27.6 Å². The van der Waals surface area contributed by atoms with E-state index in [4.69, 9.17) is 0 Å². The number of carbonyl (C=O) groups is 1. The molecule has 2 aliphatic rings.